The van der Waals surface area contributed by atoms with Gasteiger partial charge in [-0.15, -0.1) is 23.5 Å². The molecule has 0 aliphatic heterocycles. The van der Waals surface area contributed by atoms with Crippen LogP contribution in [0.15, 0.2) is 28.5 Å². The number of hydrogen-bond acceptors (Lipinski definition) is 3. The van der Waals surface area contributed by atoms with Crippen molar-refractivity contribution in [1.82, 2.24) is 0 Å². The molecule has 7 heteroatoms. The van der Waals surface area contributed by atoms with Gasteiger partial charge in [0.1, 0.15) is 5.82 Å². The highest BCUT2D eigenvalue weighted by molar-refractivity contribution is 8.22. The van der Waals surface area contributed by atoms with E-state index < -0.39 is 19.8 Å². The van der Waals surface area contributed by atoms with E-state index in [4.69, 9.17) is 4.43 Å². The Kier molecular flexibility index (Phi) is 6.45. The van der Waals surface area contributed by atoms with Crippen LogP contribution in [0.4, 0.5) is 13.2 Å². The van der Waals surface area contributed by atoms with Gasteiger partial charge in [-0.1, -0.05) is 26.0 Å². The van der Waals surface area contributed by atoms with E-state index in [2.05, 4.69) is 0 Å². The molecule has 140 valence electrons. The normalized spacial score (nSPS) is 21.9. The Hall–Kier alpha value is -0.373. The maximum Gasteiger partial charge on any atom is 0.283 e. The lowest BCUT2D eigenvalue weighted by atomic mass is 10.00. The van der Waals surface area contributed by atoms with Crippen LogP contribution in [0.1, 0.15) is 25.8 Å². The minimum absolute atomic E-state index is 0.310. The summed E-state index contributed by atoms with van der Waals surface area (Å²) in [7, 11) is -2.22. The second kappa shape index (κ2) is 7.70. The topological polar surface area (TPSA) is 9.23 Å². The van der Waals surface area contributed by atoms with Crippen LogP contribution < -0.4 is 0 Å². The highest BCUT2D eigenvalue weighted by atomic mass is 32.2. The molecule has 0 N–H and O–H groups in total. The first-order valence-electron chi connectivity index (χ1n) is 8.40. The lowest BCUT2D eigenvalue weighted by Gasteiger charge is -2.30. The number of benzene rings is 1. The molecule has 2 rings (SSSR count). The van der Waals surface area contributed by atoms with Gasteiger partial charge in [0.2, 0.25) is 0 Å². The Morgan fingerprint density at radius 3 is 1.92 bits per heavy atom. The molecule has 0 heterocycles. The molecule has 0 spiro atoms. The number of halogens is 3. The molecule has 1 aromatic carbocycles. The summed E-state index contributed by atoms with van der Waals surface area (Å²) in [4.78, 5) is 0. The van der Waals surface area contributed by atoms with Gasteiger partial charge in [-0.05, 0) is 48.8 Å². The van der Waals surface area contributed by atoms with Crippen molar-refractivity contribution >= 4 is 37.4 Å². The summed E-state index contributed by atoms with van der Waals surface area (Å²) >= 11 is 3.11. The molecule has 1 fully saturated rings. The monoisotopic (exact) mass is 406 g/mol. The average Bonchev–Trinajstić information content (AvgIpc) is 3.00. The van der Waals surface area contributed by atoms with Crippen LogP contribution in [0.25, 0.3) is 5.57 Å². The first kappa shape index (κ1) is 20.9. The lowest BCUT2D eigenvalue weighted by molar-refractivity contribution is 0.0354. The van der Waals surface area contributed by atoms with Crippen LogP contribution in [0.5, 0.6) is 0 Å². The van der Waals surface area contributed by atoms with Crippen molar-refractivity contribution in [2.45, 2.75) is 51.4 Å². The van der Waals surface area contributed by atoms with Gasteiger partial charge in [-0.25, -0.2) is 13.2 Å². The Morgan fingerprint density at radius 2 is 1.56 bits per heavy atom. The van der Waals surface area contributed by atoms with Gasteiger partial charge in [0.25, 0.3) is 5.92 Å². The summed E-state index contributed by atoms with van der Waals surface area (Å²) in [5, 5.41) is 0. The van der Waals surface area contributed by atoms with Gasteiger partial charge in [-0.2, -0.15) is 0 Å². The van der Waals surface area contributed by atoms with E-state index in [0.717, 1.165) is 15.7 Å². The third-order valence-corrected chi connectivity index (χ3v) is 6.89. The molecule has 0 radical (unpaired) electrons. The summed E-state index contributed by atoms with van der Waals surface area (Å²) in [5.74, 6) is -1.72. The van der Waals surface area contributed by atoms with E-state index in [1.165, 1.54) is 12.1 Å². The summed E-state index contributed by atoms with van der Waals surface area (Å²) in [6, 6.07) is 5.81. The Labute approximate surface area is 157 Å². The zero-order valence-corrected chi connectivity index (χ0v) is 17.9. The van der Waals surface area contributed by atoms with Gasteiger partial charge in [0.05, 0.1) is 6.42 Å². The summed E-state index contributed by atoms with van der Waals surface area (Å²) in [6.07, 6.45) is -0.310. The fourth-order valence-corrected chi connectivity index (χ4v) is 6.59. The predicted octanol–water partition coefficient (Wildman–Crippen LogP) is 6.63. The van der Waals surface area contributed by atoms with Crippen molar-refractivity contribution < 1.29 is 17.6 Å². The van der Waals surface area contributed by atoms with Crippen LogP contribution in [0.3, 0.4) is 0 Å². The second-order valence-electron chi connectivity index (χ2n) is 6.96. The Morgan fingerprint density at radius 1 is 1.08 bits per heavy atom. The van der Waals surface area contributed by atoms with Gasteiger partial charge in [0.15, 0.2) is 13.9 Å². The highest BCUT2D eigenvalue weighted by Crippen LogP contribution is 2.65. The molecule has 0 saturated heterocycles. The first-order chi connectivity index (χ1) is 11.6. The third-order valence-electron chi connectivity index (χ3n) is 3.71. The number of rotatable bonds is 8. The first-order valence-corrected chi connectivity index (χ1v) is 13.8. The molecule has 0 aromatic heterocycles. The SMILES string of the molecule is CCSC(SCC)=C(c1ccc(F)cc1)C1(O[Si](C)(C)C)CC1(F)F. The minimum Gasteiger partial charge on any atom is -0.402 e. The minimum atomic E-state index is -2.90. The molecule has 1 unspecified atom stereocenters. The summed E-state index contributed by atoms with van der Waals surface area (Å²) in [6.45, 7) is 9.77. The van der Waals surface area contributed by atoms with E-state index in [1.807, 2.05) is 33.5 Å². The van der Waals surface area contributed by atoms with Crippen molar-refractivity contribution in [2.24, 2.45) is 0 Å². The highest BCUT2D eigenvalue weighted by Gasteiger charge is 2.75. The van der Waals surface area contributed by atoms with Crippen molar-refractivity contribution in [2.75, 3.05) is 11.5 Å². The predicted molar refractivity (Wildman–Crippen MR) is 106 cm³/mol. The fraction of sp³-hybridized carbons (Fsp3) is 0.556. The number of alkyl halides is 2. The van der Waals surface area contributed by atoms with E-state index in [9.17, 15) is 13.2 Å². The van der Waals surface area contributed by atoms with E-state index >= 15 is 0 Å². The average molecular weight is 407 g/mol. The van der Waals surface area contributed by atoms with Crippen LogP contribution in [-0.2, 0) is 4.43 Å². The van der Waals surface area contributed by atoms with Crippen LogP contribution in [0.2, 0.25) is 19.6 Å². The van der Waals surface area contributed by atoms with Crippen LogP contribution >= 0.6 is 23.5 Å². The maximum absolute atomic E-state index is 14.6. The Bertz CT molecular complexity index is 633. The molecular weight excluding hydrogens is 381 g/mol. The van der Waals surface area contributed by atoms with Gasteiger partial charge >= 0.3 is 0 Å². The standard InChI is InChI=1S/C18H25F3OS2Si/c1-6-23-16(24-7-2)15(13-8-10-14(19)11-9-13)17(12-18(17,20)21)22-25(3,4)5/h8-11H,6-7,12H2,1-5H3. The number of hydrogen-bond donors (Lipinski definition) is 0. The quantitative estimate of drug-likeness (QED) is 0.448. The number of thioether (sulfide) groups is 2. The van der Waals surface area contributed by atoms with Crippen molar-refractivity contribution in [1.29, 1.82) is 0 Å². The van der Waals surface area contributed by atoms with E-state index in [0.29, 0.717) is 11.1 Å². The van der Waals surface area contributed by atoms with Crippen molar-refractivity contribution in [3.63, 3.8) is 0 Å². The van der Waals surface area contributed by atoms with Gasteiger partial charge in [0, 0.05) is 9.81 Å². The largest absolute Gasteiger partial charge is 0.402 e. The molecule has 0 amide bonds. The smallest absolute Gasteiger partial charge is 0.283 e. The van der Waals surface area contributed by atoms with Gasteiger partial charge in [-0.3, -0.25) is 0 Å². The van der Waals surface area contributed by atoms with Crippen molar-refractivity contribution in [3.05, 3.63) is 39.9 Å². The summed E-state index contributed by atoms with van der Waals surface area (Å²) in [5.41, 5.74) is -0.443. The zero-order valence-electron chi connectivity index (χ0n) is 15.3. The molecule has 1 aromatic rings. The van der Waals surface area contributed by atoms with Crippen molar-refractivity contribution in [3.8, 4) is 0 Å². The molecule has 0 bridgehead atoms. The molecule has 1 nitrogen and oxygen atoms in total. The second-order valence-corrected chi connectivity index (χ2v) is 14.2. The summed E-state index contributed by atoms with van der Waals surface area (Å²) < 4.78 is 49.5. The van der Waals surface area contributed by atoms with Crippen LogP contribution in [-0.4, -0.2) is 31.3 Å². The molecule has 1 saturated carbocycles. The lowest BCUT2D eigenvalue weighted by Crippen LogP contribution is -2.38. The molecular formula is C18H25F3OS2Si. The van der Waals surface area contributed by atoms with E-state index in [1.54, 1.807) is 35.7 Å². The fourth-order valence-electron chi connectivity index (χ4n) is 2.80. The molecule has 1 aliphatic carbocycles. The van der Waals surface area contributed by atoms with E-state index in [-0.39, 0.29) is 12.2 Å². The van der Waals surface area contributed by atoms with Crippen LogP contribution in [0, 0.1) is 5.82 Å². The van der Waals surface area contributed by atoms with Gasteiger partial charge < -0.3 is 4.43 Å². The molecule has 1 aliphatic rings. The molecule has 25 heavy (non-hydrogen) atoms. The Balaban J connectivity index is 2.65. The molecule has 1 atom stereocenters. The maximum atomic E-state index is 14.6. The zero-order chi connectivity index (χ0) is 18.9. The third kappa shape index (κ3) is 4.67.